The lowest BCUT2D eigenvalue weighted by molar-refractivity contribution is 0.104. The number of thiophene rings is 1. The first kappa shape index (κ1) is 14.5. The second kappa shape index (κ2) is 6.50. The summed E-state index contributed by atoms with van der Waals surface area (Å²) in [7, 11) is 1.58. The van der Waals surface area contributed by atoms with Crippen molar-refractivity contribution in [2.24, 2.45) is 0 Å². The minimum Gasteiger partial charge on any atom is -0.497 e. The van der Waals surface area contributed by atoms with E-state index < -0.39 is 0 Å². The zero-order valence-corrected chi connectivity index (χ0v) is 14.0. The number of rotatable bonds is 4. The molecule has 0 bridgehead atoms. The van der Waals surface area contributed by atoms with Gasteiger partial charge >= 0.3 is 0 Å². The van der Waals surface area contributed by atoms with Crippen LogP contribution in [0.15, 0.2) is 44.7 Å². The van der Waals surface area contributed by atoms with Gasteiger partial charge in [-0.3, -0.25) is 4.79 Å². The highest BCUT2D eigenvalue weighted by atomic mass is 79.9. The number of ether oxygens (including phenoxy) is 1. The Morgan fingerprint density at radius 3 is 2.74 bits per heavy atom. The summed E-state index contributed by atoms with van der Waals surface area (Å²) < 4.78 is 7.11. The lowest BCUT2D eigenvalue weighted by atomic mass is 10.1. The number of benzene rings is 1. The third-order valence-electron chi connectivity index (χ3n) is 2.42. The first-order chi connectivity index (χ1) is 9.10. The summed E-state index contributed by atoms with van der Waals surface area (Å²) in [5.41, 5.74) is 0.616. The molecule has 0 atom stereocenters. The van der Waals surface area contributed by atoms with Gasteiger partial charge in [0.15, 0.2) is 5.78 Å². The van der Waals surface area contributed by atoms with E-state index in [0.29, 0.717) is 11.3 Å². The van der Waals surface area contributed by atoms with Crippen LogP contribution in [0, 0.1) is 0 Å². The van der Waals surface area contributed by atoms with Crippen LogP contribution < -0.4 is 4.74 Å². The van der Waals surface area contributed by atoms with Gasteiger partial charge in [0.25, 0.3) is 0 Å². The van der Waals surface area contributed by atoms with Gasteiger partial charge in [0.2, 0.25) is 0 Å². The summed E-state index contributed by atoms with van der Waals surface area (Å²) in [5, 5.41) is 0. The van der Waals surface area contributed by atoms with Gasteiger partial charge in [-0.15, -0.1) is 11.3 Å². The maximum atomic E-state index is 12.0. The molecule has 0 saturated heterocycles. The predicted molar refractivity (Wildman–Crippen MR) is 86.1 cm³/mol. The lowest BCUT2D eigenvalue weighted by Crippen LogP contribution is -1.94. The molecule has 0 fully saturated rings. The van der Waals surface area contributed by atoms with Crippen molar-refractivity contribution in [2.75, 3.05) is 7.11 Å². The lowest BCUT2D eigenvalue weighted by Gasteiger charge is -2.00. The second-order valence-corrected chi connectivity index (χ2v) is 6.96. The predicted octanol–water partition coefficient (Wildman–Crippen LogP) is 5.18. The number of carbonyl (C=O) groups excluding carboxylic acids is 1. The highest BCUT2D eigenvalue weighted by Gasteiger charge is 2.05. The van der Waals surface area contributed by atoms with Crippen LogP contribution in [0.2, 0.25) is 0 Å². The molecular weight excluding hydrogens is 392 g/mol. The van der Waals surface area contributed by atoms with Gasteiger partial charge in [-0.1, -0.05) is 12.1 Å². The summed E-state index contributed by atoms with van der Waals surface area (Å²) in [5.74, 6) is 0.639. The number of methoxy groups -OCH3 is 1. The van der Waals surface area contributed by atoms with Crippen LogP contribution in [-0.2, 0) is 0 Å². The zero-order chi connectivity index (χ0) is 13.8. The topological polar surface area (TPSA) is 26.3 Å². The van der Waals surface area contributed by atoms with E-state index in [9.17, 15) is 4.79 Å². The first-order valence-corrected chi connectivity index (χ1v) is 7.81. The smallest absolute Gasteiger partial charge is 0.186 e. The van der Waals surface area contributed by atoms with Crippen LogP contribution in [0.3, 0.4) is 0 Å². The normalized spacial score (nSPS) is 10.9. The second-order valence-electron chi connectivity index (χ2n) is 3.70. The molecule has 2 aromatic rings. The molecule has 0 amide bonds. The van der Waals surface area contributed by atoms with Crippen LogP contribution in [0.4, 0.5) is 0 Å². The van der Waals surface area contributed by atoms with E-state index in [1.165, 1.54) is 0 Å². The number of ketones is 1. The van der Waals surface area contributed by atoms with Gasteiger partial charge in [0, 0.05) is 14.9 Å². The Morgan fingerprint density at radius 1 is 1.32 bits per heavy atom. The molecule has 0 N–H and O–H groups in total. The maximum Gasteiger partial charge on any atom is 0.186 e. The van der Waals surface area contributed by atoms with Gasteiger partial charge in [0.1, 0.15) is 5.75 Å². The minimum atomic E-state index is -0.0421. The van der Waals surface area contributed by atoms with E-state index >= 15 is 0 Å². The molecule has 1 heterocycles. The Labute approximate surface area is 132 Å². The van der Waals surface area contributed by atoms with E-state index in [0.717, 1.165) is 13.1 Å². The molecule has 0 spiro atoms. The van der Waals surface area contributed by atoms with E-state index in [2.05, 4.69) is 31.9 Å². The molecular formula is C14H10Br2O2S. The molecule has 2 rings (SSSR count). The van der Waals surface area contributed by atoms with E-state index in [1.54, 1.807) is 42.7 Å². The van der Waals surface area contributed by atoms with Gasteiger partial charge in [0.05, 0.1) is 10.9 Å². The minimum absolute atomic E-state index is 0.0421. The Bertz CT molecular complexity index is 613. The molecule has 0 aliphatic carbocycles. The Kier molecular flexibility index (Phi) is 4.96. The summed E-state index contributed by atoms with van der Waals surface area (Å²) in [6.07, 6.45) is 3.38. The third kappa shape index (κ3) is 3.78. The summed E-state index contributed by atoms with van der Waals surface area (Å²) in [6, 6.07) is 9.08. The van der Waals surface area contributed by atoms with Crippen molar-refractivity contribution in [3.63, 3.8) is 0 Å². The monoisotopic (exact) mass is 400 g/mol. The fourth-order valence-electron chi connectivity index (χ4n) is 1.48. The fraction of sp³-hybridized carbons (Fsp3) is 0.0714. The van der Waals surface area contributed by atoms with Crippen molar-refractivity contribution in [3.05, 3.63) is 55.1 Å². The number of allylic oxidation sites excluding steroid dienone is 1. The van der Waals surface area contributed by atoms with Crippen molar-refractivity contribution in [3.8, 4) is 5.75 Å². The first-order valence-electron chi connectivity index (χ1n) is 5.41. The summed E-state index contributed by atoms with van der Waals surface area (Å²) in [4.78, 5) is 13.0. The van der Waals surface area contributed by atoms with Crippen molar-refractivity contribution < 1.29 is 9.53 Å². The zero-order valence-electron chi connectivity index (χ0n) is 10.0. The van der Waals surface area contributed by atoms with Crippen LogP contribution in [0.25, 0.3) is 6.08 Å². The van der Waals surface area contributed by atoms with Crippen LogP contribution in [0.5, 0.6) is 5.75 Å². The van der Waals surface area contributed by atoms with Crippen molar-refractivity contribution in [1.82, 2.24) is 0 Å². The van der Waals surface area contributed by atoms with Gasteiger partial charge in [-0.2, -0.15) is 0 Å². The molecule has 0 aliphatic heterocycles. The summed E-state index contributed by atoms with van der Waals surface area (Å²) >= 11 is 8.40. The van der Waals surface area contributed by atoms with Crippen LogP contribution in [0.1, 0.15) is 15.2 Å². The Morgan fingerprint density at radius 2 is 2.11 bits per heavy atom. The average Bonchev–Trinajstić information content (AvgIpc) is 2.75. The van der Waals surface area contributed by atoms with Gasteiger partial charge < -0.3 is 4.74 Å². The van der Waals surface area contributed by atoms with Gasteiger partial charge in [-0.05, 0) is 62.2 Å². The van der Waals surface area contributed by atoms with E-state index in [1.807, 2.05) is 18.2 Å². The number of carbonyl (C=O) groups is 1. The van der Waals surface area contributed by atoms with E-state index in [4.69, 9.17) is 4.74 Å². The largest absolute Gasteiger partial charge is 0.497 e. The van der Waals surface area contributed by atoms with Crippen molar-refractivity contribution >= 4 is 55.1 Å². The quantitative estimate of drug-likeness (QED) is 0.521. The molecule has 0 radical (unpaired) electrons. The summed E-state index contributed by atoms with van der Waals surface area (Å²) in [6.45, 7) is 0. The SMILES string of the molecule is COc1cccc(C(=O)/C=C/c2cc(Br)c(Br)s2)c1. The number of halogens is 2. The molecule has 1 aromatic carbocycles. The molecule has 19 heavy (non-hydrogen) atoms. The average molecular weight is 402 g/mol. The molecule has 5 heteroatoms. The molecule has 1 aromatic heterocycles. The maximum absolute atomic E-state index is 12.0. The highest BCUT2D eigenvalue weighted by Crippen LogP contribution is 2.33. The van der Waals surface area contributed by atoms with Crippen LogP contribution in [-0.4, -0.2) is 12.9 Å². The van der Waals surface area contributed by atoms with Gasteiger partial charge in [-0.25, -0.2) is 0 Å². The molecule has 0 saturated carbocycles. The molecule has 0 aliphatic rings. The molecule has 98 valence electrons. The number of hydrogen-bond donors (Lipinski definition) is 0. The number of hydrogen-bond acceptors (Lipinski definition) is 3. The highest BCUT2D eigenvalue weighted by molar-refractivity contribution is 9.13. The van der Waals surface area contributed by atoms with Crippen LogP contribution >= 0.6 is 43.2 Å². The molecule has 2 nitrogen and oxygen atoms in total. The fourth-order valence-corrected chi connectivity index (χ4v) is 3.47. The Hall–Kier alpha value is -0.910. The standard InChI is InChI=1S/C14H10Br2O2S/c1-18-10-4-2-3-9(7-10)13(17)6-5-11-8-12(15)14(16)19-11/h2-8H,1H3/b6-5+. The third-order valence-corrected chi connectivity index (χ3v) is 5.64. The Balaban J connectivity index is 2.16. The van der Waals surface area contributed by atoms with Crippen molar-refractivity contribution in [1.29, 1.82) is 0 Å². The van der Waals surface area contributed by atoms with Crippen molar-refractivity contribution in [2.45, 2.75) is 0 Å². The van der Waals surface area contributed by atoms with E-state index in [-0.39, 0.29) is 5.78 Å². The molecule has 0 unspecified atom stereocenters.